The van der Waals surface area contributed by atoms with Crippen LogP contribution in [0.25, 0.3) is 0 Å². The minimum absolute atomic E-state index is 0.130. The number of ether oxygens (including phenoxy) is 2. The number of hydrogen-bond donors (Lipinski definition) is 3. The summed E-state index contributed by atoms with van der Waals surface area (Å²) in [4.78, 5) is 23.5. The molecule has 2 aromatic carbocycles. The van der Waals surface area contributed by atoms with Gasteiger partial charge in [-0.25, -0.2) is 5.43 Å². The molecular formula is C19H21N3O5. The summed E-state index contributed by atoms with van der Waals surface area (Å²) >= 11 is 0. The van der Waals surface area contributed by atoms with Gasteiger partial charge in [-0.15, -0.1) is 0 Å². The maximum absolute atomic E-state index is 11.8. The number of carbonyl (C=O) groups is 2. The van der Waals surface area contributed by atoms with Gasteiger partial charge in [-0.1, -0.05) is 6.07 Å². The van der Waals surface area contributed by atoms with E-state index in [9.17, 15) is 14.7 Å². The lowest BCUT2D eigenvalue weighted by molar-refractivity contribution is -0.139. The number of rotatable bonds is 7. The van der Waals surface area contributed by atoms with Crippen LogP contribution >= 0.6 is 0 Å². The molecule has 2 amide bonds. The van der Waals surface area contributed by atoms with E-state index in [2.05, 4.69) is 15.8 Å². The van der Waals surface area contributed by atoms with Crippen LogP contribution in [0.15, 0.2) is 47.6 Å². The van der Waals surface area contributed by atoms with Gasteiger partial charge in [0.1, 0.15) is 5.75 Å². The highest BCUT2D eigenvalue weighted by molar-refractivity contribution is 6.35. The van der Waals surface area contributed by atoms with Gasteiger partial charge in [0.25, 0.3) is 0 Å². The standard InChI is InChI=1S/C19H21N3O5/c1-26-16-8-5-13(11-17(16)27-2)9-10-20-18(24)19(25)22-21-12-14-3-6-15(23)7-4-14/h3-8,11-12,23H,9-10H2,1-2H3,(H,20,24)(H,22,25)/b21-12+. The number of carbonyl (C=O) groups excluding carboxylic acids is 2. The first-order valence-corrected chi connectivity index (χ1v) is 8.14. The Balaban J connectivity index is 1.78. The van der Waals surface area contributed by atoms with Crippen LogP contribution in [0.5, 0.6) is 17.2 Å². The van der Waals surface area contributed by atoms with Gasteiger partial charge in [-0.3, -0.25) is 9.59 Å². The molecule has 0 saturated heterocycles. The number of aromatic hydroxyl groups is 1. The highest BCUT2D eigenvalue weighted by Gasteiger charge is 2.12. The predicted octanol–water partition coefficient (Wildman–Crippen LogP) is 1.22. The van der Waals surface area contributed by atoms with E-state index < -0.39 is 11.8 Å². The van der Waals surface area contributed by atoms with Crippen molar-refractivity contribution in [3.63, 3.8) is 0 Å². The van der Waals surface area contributed by atoms with E-state index >= 15 is 0 Å². The topological polar surface area (TPSA) is 109 Å². The van der Waals surface area contributed by atoms with Crippen LogP contribution in [-0.4, -0.2) is 43.9 Å². The number of hydrogen-bond acceptors (Lipinski definition) is 6. The van der Waals surface area contributed by atoms with Crippen molar-refractivity contribution >= 4 is 18.0 Å². The molecule has 0 radical (unpaired) electrons. The second kappa shape index (κ2) is 9.81. The van der Waals surface area contributed by atoms with Crippen LogP contribution in [0, 0.1) is 0 Å². The molecule has 2 aromatic rings. The largest absolute Gasteiger partial charge is 0.508 e. The van der Waals surface area contributed by atoms with Gasteiger partial charge < -0.3 is 19.9 Å². The molecule has 0 atom stereocenters. The normalized spacial score (nSPS) is 10.4. The van der Waals surface area contributed by atoms with Crippen molar-refractivity contribution in [2.24, 2.45) is 5.10 Å². The number of hydrazone groups is 1. The van der Waals surface area contributed by atoms with Crippen molar-refractivity contribution in [3.05, 3.63) is 53.6 Å². The first kappa shape index (κ1) is 19.8. The Kier molecular flexibility index (Phi) is 7.18. The molecule has 27 heavy (non-hydrogen) atoms. The summed E-state index contributed by atoms with van der Waals surface area (Å²) in [7, 11) is 3.10. The molecule has 0 aliphatic carbocycles. The fourth-order valence-electron chi connectivity index (χ4n) is 2.21. The molecule has 0 aromatic heterocycles. The summed E-state index contributed by atoms with van der Waals surface area (Å²) in [5.74, 6) is -0.292. The van der Waals surface area contributed by atoms with Crippen LogP contribution in [0.3, 0.4) is 0 Å². The van der Waals surface area contributed by atoms with E-state index in [0.29, 0.717) is 23.5 Å². The smallest absolute Gasteiger partial charge is 0.329 e. The Morgan fingerprint density at radius 3 is 2.41 bits per heavy atom. The Labute approximate surface area is 156 Å². The lowest BCUT2D eigenvalue weighted by Crippen LogP contribution is -2.38. The van der Waals surface area contributed by atoms with Crippen molar-refractivity contribution in [3.8, 4) is 17.2 Å². The van der Waals surface area contributed by atoms with Crippen molar-refractivity contribution in [2.45, 2.75) is 6.42 Å². The second-order valence-electron chi connectivity index (χ2n) is 5.49. The van der Waals surface area contributed by atoms with Crippen molar-refractivity contribution in [1.82, 2.24) is 10.7 Å². The number of nitrogens with one attached hydrogen (secondary N) is 2. The van der Waals surface area contributed by atoms with Crippen LogP contribution in [0.2, 0.25) is 0 Å². The minimum Gasteiger partial charge on any atom is -0.508 e. The van der Waals surface area contributed by atoms with Crippen molar-refractivity contribution in [1.29, 1.82) is 0 Å². The van der Waals surface area contributed by atoms with Crippen molar-refractivity contribution in [2.75, 3.05) is 20.8 Å². The van der Waals surface area contributed by atoms with E-state index in [0.717, 1.165) is 5.56 Å². The Morgan fingerprint density at radius 1 is 1.04 bits per heavy atom. The molecule has 0 spiro atoms. The molecule has 3 N–H and O–H groups in total. The third-order valence-electron chi connectivity index (χ3n) is 3.63. The van der Waals surface area contributed by atoms with Gasteiger partial charge >= 0.3 is 11.8 Å². The zero-order valence-corrected chi connectivity index (χ0v) is 15.1. The molecule has 0 heterocycles. The number of amides is 2. The molecule has 0 saturated carbocycles. The van der Waals surface area contributed by atoms with Gasteiger partial charge in [0.2, 0.25) is 0 Å². The molecule has 0 aliphatic rings. The van der Waals surface area contributed by atoms with Crippen LogP contribution < -0.4 is 20.2 Å². The summed E-state index contributed by atoms with van der Waals surface area (Å²) in [6, 6.07) is 11.7. The highest BCUT2D eigenvalue weighted by atomic mass is 16.5. The molecule has 0 aliphatic heterocycles. The first-order chi connectivity index (χ1) is 13.0. The van der Waals surface area contributed by atoms with Crippen molar-refractivity contribution < 1.29 is 24.2 Å². The van der Waals surface area contributed by atoms with E-state index in [1.54, 1.807) is 32.4 Å². The maximum atomic E-state index is 11.8. The fraction of sp³-hybridized carbons (Fsp3) is 0.211. The van der Waals surface area contributed by atoms with Crippen LogP contribution in [0.1, 0.15) is 11.1 Å². The van der Waals surface area contributed by atoms with Gasteiger partial charge in [0.15, 0.2) is 11.5 Å². The summed E-state index contributed by atoms with van der Waals surface area (Å²) < 4.78 is 10.4. The van der Waals surface area contributed by atoms with E-state index in [1.807, 2.05) is 12.1 Å². The number of phenolic OH excluding ortho intramolecular Hbond substituents is 1. The Bertz CT molecular complexity index is 819. The zero-order valence-electron chi connectivity index (χ0n) is 15.1. The van der Waals surface area contributed by atoms with Gasteiger partial charge in [0, 0.05) is 6.54 Å². The Hall–Kier alpha value is -3.55. The summed E-state index contributed by atoms with van der Waals surface area (Å²) in [6.45, 7) is 0.281. The highest BCUT2D eigenvalue weighted by Crippen LogP contribution is 2.27. The van der Waals surface area contributed by atoms with Crippen LogP contribution in [-0.2, 0) is 16.0 Å². The molecular weight excluding hydrogens is 350 g/mol. The zero-order chi connectivity index (χ0) is 19.6. The van der Waals surface area contributed by atoms with Gasteiger partial charge in [-0.05, 0) is 53.9 Å². The number of methoxy groups -OCH3 is 2. The number of nitrogens with zero attached hydrogens (tertiary/aromatic N) is 1. The SMILES string of the molecule is COc1ccc(CCNC(=O)C(=O)N/N=C/c2ccc(O)cc2)cc1OC. The summed E-state index contributed by atoms with van der Waals surface area (Å²) in [5.41, 5.74) is 3.74. The van der Waals surface area contributed by atoms with E-state index in [1.165, 1.54) is 18.3 Å². The molecule has 0 fully saturated rings. The van der Waals surface area contributed by atoms with E-state index in [-0.39, 0.29) is 12.3 Å². The molecule has 8 nitrogen and oxygen atoms in total. The third kappa shape index (κ3) is 6.03. The summed E-state index contributed by atoms with van der Waals surface area (Å²) in [5, 5.41) is 15.4. The quantitative estimate of drug-likeness (QED) is 0.385. The molecule has 8 heteroatoms. The molecule has 142 valence electrons. The minimum atomic E-state index is -0.864. The molecule has 0 bridgehead atoms. The van der Waals surface area contributed by atoms with Gasteiger partial charge in [0.05, 0.1) is 20.4 Å². The fourth-order valence-corrected chi connectivity index (χ4v) is 2.21. The number of benzene rings is 2. The van der Waals surface area contributed by atoms with Crippen LogP contribution in [0.4, 0.5) is 0 Å². The second-order valence-corrected chi connectivity index (χ2v) is 5.49. The average molecular weight is 371 g/mol. The monoisotopic (exact) mass is 371 g/mol. The number of phenols is 1. The summed E-state index contributed by atoms with van der Waals surface area (Å²) in [6.07, 6.45) is 1.89. The lowest BCUT2D eigenvalue weighted by Gasteiger charge is -2.10. The predicted molar refractivity (Wildman–Crippen MR) is 100 cm³/mol. The molecule has 0 unspecified atom stereocenters. The maximum Gasteiger partial charge on any atom is 0.329 e. The van der Waals surface area contributed by atoms with Gasteiger partial charge in [-0.2, -0.15) is 5.10 Å². The Morgan fingerprint density at radius 2 is 1.74 bits per heavy atom. The first-order valence-electron chi connectivity index (χ1n) is 8.14. The average Bonchev–Trinajstić information content (AvgIpc) is 2.69. The molecule has 2 rings (SSSR count). The van der Waals surface area contributed by atoms with E-state index in [4.69, 9.17) is 9.47 Å². The lowest BCUT2D eigenvalue weighted by atomic mass is 10.1. The third-order valence-corrected chi connectivity index (χ3v) is 3.63.